The molecule has 0 aliphatic rings. The number of hydrogen-bond donors (Lipinski definition) is 1. The summed E-state index contributed by atoms with van der Waals surface area (Å²) in [6, 6.07) is 7.39. The summed E-state index contributed by atoms with van der Waals surface area (Å²) in [4.78, 5) is 27.1. The van der Waals surface area contributed by atoms with Gasteiger partial charge in [-0.2, -0.15) is 0 Å². The maximum atomic E-state index is 11.8. The topological polar surface area (TPSA) is 73.2 Å². The van der Waals surface area contributed by atoms with E-state index in [1.807, 2.05) is 22.9 Å². The predicted molar refractivity (Wildman–Crippen MR) is 93.6 cm³/mol. The Morgan fingerprint density at radius 3 is 2.79 bits per heavy atom. The highest BCUT2D eigenvalue weighted by atomic mass is 35.5. The van der Waals surface area contributed by atoms with Crippen LogP contribution in [-0.4, -0.2) is 40.8 Å². The molecule has 1 amide bonds. The van der Waals surface area contributed by atoms with Crippen LogP contribution in [0.2, 0.25) is 5.02 Å². The minimum absolute atomic E-state index is 0.101. The van der Waals surface area contributed by atoms with Gasteiger partial charge in [0.1, 0.15) is 0 Å². The van der Waals surface area contributed by atoms with E-state index in [9.17, 15) is 9.59 Å². The van der Waals surface area contributed by atoms with Crippen molar-refractivity contribution in [3.63, 3.8) is 0 Å². The summed E-state index contributed by atoms with van der Waals surface area (Å²) in [7, 11) is 1.35. The van der Waals surface area contributed by atoms with Gasteiger partial charge in [-0.3, -0.25) is 14.2 Å². The Morgan fingerprint density at radius 1 is 1.33 bits per heavy atom. The van der Waals surface area contributed by atoms with Crippen molar-refractivity contribution < 1.29 is 14.3 Å². The number of methoxy groups -OCH3 is 1. The number of ether oxygens (including phenoxy) is 1. The second-order valence-corrected chi connectivity index (χ2v) is 6.25. The van der Waals surface area contributed by atoms with Crippen LogP contribution in [0.4, 0.5) is 0 Å². The van der Waals surface area contributed by atoms with Crippen molar-refractivity contribution in [1.29, 1.82) is 0 Å². The van der Waals surface area contributed by atoms with E-state index in [4.69, 9.17) is 11.6 Å². The minimum atomic E-state index is -0.274. The molecule has 0 radical (unpaired) electrons. The van der Waals surface area contributed by atoms with E-state index in [-0.39, 0.29) is 17.6 Å². The molecule has 0 saturated heterocycles. The van der Waals surface area contributed by atoms with Gasteiger partial charge in [0.2, 0.25) is 5.91 Å². The van der Waals surface area contributed by atoms with Crippen LogP contribution in [0.5, 0.6) is 0 Å². The van der Waals surface area contributed by atoms with Gasteiger partial charge >= 0.3 is 5.97 Å². The Morgan fingerprint density at radius 2 is 2.08 bits per heavy atom. The number of imidazole rings is 1. The lowest BCUT2D eigenvalue weighted by Crippen LogP contribution is -2.26. The molecule has 0 saturated carbocycles. The standard InChI is InChI=1S/C16H18ClN3O3S/c1-23-15(22)3-2-8-18-14(21)11-24-16-19-9-10-20(16)13-6-4-12(17)5-7-13/h4-7,9-10H,2-3,8,11H2,1H3,(H,18,21). The van der Waals surface area contributed by atoms with E-state index in [2.05, 4.69) is 15.0 Å². The zero-order valence-electron chi connectivity index (χ0n) is 13.2. The third kappa shape index (κ3) is 5.58. The number of hydrogen-bond acceptors (Lipinski definition) is 5. The number of nitrogens with zero attached hydrogens (tertiary/aromatic N) is 2. The Kier molecular flexibility index (Phi) is 7.14. The van der Waals surface area contributed by atoms with E-state index < -0.39 is 0 Å². The molecule has 2 rings (SSSR count). The Hall–Kier alpha value is -1.99. The minimum Gasteiger partial charge on any atom is -0.469 e. The summed E-state index contributed by atoms with van der Waals surface area (Å²) in [5.74, 6) is -0.123. The van der Waals surface area contributed by atoms with Crippen LogP contribution in [0.1, 0.15) is 12.8 Å². The maximum absolute atomic E-state index is 11.8. The fraction of sp³-hybridized carbons (Fsp3) is 0.312. The molecule has 0 aliphatic carbocycles. The lowest BCUT2D eigenvalue weighted by atomic mass is 10.3. The molecule has 1 aromatic heterocycles. The van der Waals surface area contributed by atoms with Crippen molar-refractivity contribution >= 4 is 35.2 Å². The molecular weight excluding hydrogens is 350 g/mol. The highest BCUT2D eigenvalue weighted by Crippen LogP contribution is 2.21. The second-order valence-electron chi connectivity index (χ2n) is 4.87. The molecule has 0 atom stereocenters. The zero-order valence-corrected chi connectivity index (χ0v) is 14.8. The predicted octanol–water partition coefficient (Wildman–Crippen LogP) is 2.69. The molecule has 128 valence electrons. The van der Waals surface area contributed by atoms with Crippen LogP contribution in [0.3, 0.4) is 0 Å². The number of carbonyl (C=O) groups excluding carboxylic acids is 2. The van der Waals surface area contributed by atoms with Gasteiger partial charge in [-0.25, -0.2) is 4.98 Å². The first-order valence-corrected chi connectivity index (χ1v) is 8.72. The van der Waals surface area contributed by atoms with Crippen LogP contribution in [0.15, 0.2) is 41.8 Å². The largest absolute Gasteiger partial charge is 0.469 e. The number of halogens is 1. The maximum Gasteiger partial charge on any atom is 0.305 e. The quantitative estimate of drug-likeness (QED) is 0.441. The first-order valence-electron chi connectivity index (χ1n) is 7.35. The highest BCUT2D eigenvalue weighted by molar-refractivity contribution is 7.99. The van der Waals surface area contributed by atoms with Gasteiger partial charge in [-0.15, -0.1) is 0 Å². The van der Waals surface area contributed by atoms with Crippen molar-refractivity contribution in [2.24, 2.45) is 0 Å². The van der Waals surface area contributed by atoms with Gasteiger partial charge in [0.15, 0.2) is 5.16 Å². The number of amides is 1. The van der Waals surface area contributed by atoms with Crippen molar-refractivity contribution in [3.8, 4) is 5.69 Å². The summed E-state index contributed by atoms with van der Waals surface area (Å²) in [5, 5.41) is 4.16. The van der Waals surface area contributed by atoms with Crippen LogP contribution < -0.4 is 5.32 Å². The first kappa shape index (κ1) is 18.4. The van der Waals surface area contributed by atoms with Crippen molar-refractivity contribution in [1.82, 2.24) is 14.9 Å². The Labute approximate surface area is 149 Å². The average Bonchev–Trinajstić information content (AvgIpc) is 3.05. The summed E-state index contributed by atoms with van der Waals surface area (Å²) in [6.45, 7) is 0.445. The van der Waals surface area contributed by atoms with Gasteiger partial charge in [-0.1, -0.05) is 23.4 Å². The average molecular weight is 368 g/mol. The monoisotopic (exact) mass is 367 g/mol. The number of benzene rings is 1. The normalized spacial score (nSPS) is 10.4. The van der Waals surface area contributed by atoms with Gasteiger partial charge in [0.05, 0.1) is 12.9 Å². The summed E-state index contributed by atoms with van der Waals surface area (Å²) in [6.07, 6.45) is 4.37. The number of thioether (sulfide) groups is 1. The van der Waals surface area contributed by atoms with E-state index >= 15 is 0 Å². The fourth-order valence-corrected chi connectivity index (χ4v) is 2.87. The molecular formula is C16H18ClN3O3S. The number of nitrogens with one attached hydrogen (secondary N) is 1. The lowest BCUT2D eigenvalue weighted by Gasteiger charge is -2.08. The number of esters is 1. The molecule has 1 aromatic carbocycles. The van der Waals surface area contributed by atoms with Gasteiger partial charge in [-0.05, 0) is 30.7 Å². The molecule has 6 nitrogen and oxygen atoms in total. The van der Waals surface area contributed by atoms with Crippen LogP contribution in [0.25, 0.3) is 5.69 Å². The van der Waals surface area contributed by atoms with Crippen LogP contribution >= 0.6 is 23.4 Å². The summed E-state index contributed by atoms with van der Waals surface area (Å²) < 4.78 is 6.44. The fourth-order valence-electron chi connectivity index (χ4n) is 1.94. The Bertz CT molecular complexity index is 688. The molecule has 0 aliphatic heterocycles. The smallest absolute Gasteiger partial charge is 0.305 e. The van der Waals surface area contributed by atoms with Crippen LogP contribution in [0, 0.1) is 0 Å². The Balaban J connectivity index is 1.80. The van der Waals surface area contributed by atoms with E-state index in [0.29, 0.717) is 24.4 Å². The summed E-state index contributed by atoms with van der Waals surface area (Å²) in [5.41, 5.74) is 0.929. The first-order chi connectivity index (χ1) is 11.6. The van der Waals surface area contributed by atoms with Crippen molar-refractivity contribution in [2.75, 3.05) is 19.4 Å². The second kappa shape index (κ2) is 9.34. The third-order valence-electron chi connectivity index (χ3n) is 3.15. The summed E-state index contributed by atoms with van der Waals surface area (Å²) >= 11 is 7.24. The van der Waals surface area contributed by atoms with Gasteiger partial charge in [0, 0.05) is 36.1 Å². The lowest BCUT2D eigenvalue weighted by molar-refractivity contribution is -0.140. The van der Waals surface area contributed by atoms with Gasteiger partial charge in [0.25, 0.3) is 0 Å². The number of carbonyl (C=O) groups is 2. The van der Waals surface area contributed by atoms with Crippen molar-refractivity contribution in [3.05, 3.63) is 41.7 Å². The molecule has 0 bridgehead atoms. The highest BCUT2D eigenvalue weighted by Gasteiger charge is 2.09. The molecule has 0 fully saturated rings. The molecule has 1 heterocycles. The number of aromatic nitrogens is 2. The molecule has 2 aromatic rings. The number of rotatable bonds is 8. The molecule has 8 heteroatoms. The molecule has 0 spiro atoms. The van der Waals surface area contributed by atoms with E-state index in [0.717, 1.165) is 10.8 Å². The van der Waals surface area contributed by atoms with Gasteiger partial charge < -0.3 is 10.1 Å². The third-order valence-corrected chi connectivity index (χ3v) is 4.37. The molecule has 0 unspecified atom stereocenters. The van der Waals surface area contributed by atoms with Crippen molar-refractivity contribution in [2.45, 2.75) is 18.0 Å². The van der Waals surface area contributed by atoms with Crippen LogP contribution in [-0.2, 0) is 14.3 Å². The zero-order chi connectivity index (χ0) is 17.4. The van der Waals surface area contributed by atoms with E-state index in [1.54, 1.807) is 18.3 Å². The molecule has 24 heavy (non-hydrogen) atoms. The SMILES string of the molecule is COC(=O)CCCNC(=O)CSc1nccn1-c1ccc(Cl)cc1. The van der Waals surface area contributed by atoms with E-state index in [1.165, 1.54) is 18.9 Å². The molecule has 1 N–H and O–H groups in total.